The Morgan fingerprint density at radius 1 is 1.09 bits per heavy atom. The normalized spacial score (nSPS) is 14.8. The number of carbonyl (C=O) groups is 2. The second-order valence-corrected chi connectivity index (χ2v) is 7.80. The molecule has 0 saturated heterocycles. The standard InChI is InChI=1S/C26H23NO8/c1-14-4-5-15(10-21(14)32-2)22-13-20(30)25-19(29)11-17(12-23(25)35-22)34-24(31)9-7-16-6-8-18(28)26(27-16)33-3/h4-12,22,28-29H,13H2,1-3H3/b9-7+/t22-/m0/s1. The molecule has 0 unspecified atom stereocenters. The molecule has 0 amide bonds. The number of hydrogen-bond acceptors (Lipinski definition) is 9. The lowest BCUT2D eigenvalue weighted by Crippen LogP contribution is -2.21. The third-order valence-corrected chi connectivity index (χ3v) is 5.44. The summed E-state index contributed by atoms with van der Waals surface area (Å²) in [4.78, 5) is 29.1. The van der Waals surface area contributed by atoms with E-state index in [4.69, 9.17) is 18.9 Å². The smallest absolute Gasteiger partial charge is 0.336 e. The lowest BCUT2D eigenvalue weighted by molar-refractivity contribution is -0.128. The van der Waals surface area contributed by atoms with Crippen molar-refractivity contribution >= 4 is 17.8 Å². The van der Waals surface area contributed by atoms with Crippen molar-refractivity contribution in [2.24, 2.45) is 0 Å². The third-order valence-electron chi connectivity index (χ3n) is 5.44. The quantitative estimate of drug-likeness (QED) is 0.306. The molecule has 2 N–H and O–H groups in total. The van der Waals surface area contributed by atoms with Crippen LogP contribution < -0.4 is 18.9 Å². The van der Waals surface area contributed by atoms with Crippen LogP contribution >= 0.6 is 0 Å². The molecule has 0 saturated carbocycles. The average Bonchev–Trinajstić information content (AvgIpc) is 2.83. The topological polar surface area (TPSA) is 124 Å². The maximum Gasteiger partial charge on any atom is 0.336 e. The van der Waals surface area contributed by atoms with E-state index in [1.54, 1.807) is 13.2 Å². The summed E-state index contributed by atoms with van der Waals surface area (Å²) in [6.45, 7) is 1.91. The highest BCUT2D eigenvalue weighted by molar-refractivity contribution is 6.03. The maximum absolute atomic E-state index is 12.8. The highest BCUT2D eigenvalue weighted by Crippen LogP contribution is 2.42. The summed E-state index contributed by atoms with van der Waals surface area (Å²) in [7, 11) is 2.93. The van der Waals surface area contributed by atoms with Crippen LogP contribution in [0.4, 0.5) is 0 Å². The summed E-state index contributed by atoms with van der Waals surface area (Å²) in [5.74, 6) is -0.717. The SMILES string of the molecule is COc1cc([C@@H]2CC(=O)c3c(O)cc(OC(=O)/C=C/c4ccc(O)c(OC)n4)cc3O2)ccc1C. The van der Waals surface area contributed by atoms with Crippen molar-refractivity contribution in [1.82, 2.24) is 4.98 Å². The Balaban J connectivity index is 1.54. The molecule has 0 aliphatic carbocycles. The van der Waals surface area contributed by atoms with Gasteiger partial charge in [-0.25, -0.2) is 9.78 Å². The summed E-state index contributed by atoms with van der Waals surface area (Å²) in [5, 5.41) is 20.0. The van der Waals surface area contributed by atoms with E-state index in [1.165, 1.54) is 37.5 Å². The first-order valence-electron chi connectivity index (χ1n) is 10.6. The fourth-order valence-electron chi connectivity index (χ4n) is 3.69. The minimum absolute atomic E-state index is 0.00193. The molecule has 2 heterocycles. The number of aromatic hydroxyl groups is 2. The molecular formula is C26H23NO8. The van der Waals surface area contributed by atoms with Gasteiger partial charge in [-0.15, -0.1) is 0 Å². The molecule has 0 spiro atoms. The number of hydrogen-bond donors (Lipinski definition) is 2. The summed E-state index contributed by atoms with van der Waals surface area (Å²) < 4.78 is 21.6. The Morgan fingerprint density at radius 2 is 1.89 bits per heavy atom. The predicted molar refractivity (Wildman–Crippen MR) is 125 cm³/mol. The minimum atomic E-state index is -0.750. The third kappa shape index (κ3) is 5.03. The molecule has 4 rings (SSSR count). The van der Waals surface area contributed by atoms with Crippen molar-refractivity contribution in [2.45, 2.75) is 19.4 Å². The number of ketones is 1. The zero-order chi connectivity index (χ0) is 25.1. The molecule has 0 fully saturated rings. The summed E-state index contributed by atoms with van der Waals surface area (Å²) in [6.07, 6.45) is 1.95. The number of ether oxygens (including phenoxy) is 4. The summed E-state index contributed by atoms with van der Waals surface area (Å²) >= 11 is 0. The Bertz CT molecular complexity index is 1330. The van der Waals surface area contributed by atoms with Crippen LogP contribution in [0.2, 0.25) is 0 Å². The van der Waals surface area contributed by atoms with Gasteiger partial charge in [0.05, 0.1) is 26.3 Å². The first kappa shape index (κ1) is 23.6. The number of pyridine rings is 1. The van der Waals surface area contributed by atoms with Crippen LogP contribution in [0, 0.1) is 6.92 Å². The fraction of sp³-hybridized carbons (Fsp3) is 0.192. The molecule has 180 valence electrons. The van der Waals surface area contributed by atoms with Crippen molar-refractivity contribution in [3.63, 3.8) is 0 Å². The monoisotopic (exact) mass is 477 g/mol. The number of esters is 1. The molecule has 35 heavy (non-hydrogen) atoms. The number of aromatic nitrogens is 1. The second-order valence-electron chi connectivity index (χ2n) is 7.80. The zero-order valence-corrected chi connectivity index (χ0v) is 19.3. The van der Waals surface area contributed by atoms with Crippen molar-refractivity contribution in [3.05, 3.63) is 70.9 Å². The van der Waals surface area contributed by atoms with Gasteiger partial charge in [0.2, 0.25) is 0 Å². The molecule has 9 heteroatoms. The van der Waals surface area contributed by atoms with E-state index >= 15 is 0 Å². The minimum Gasteiger partial charge on any atom is -0.507 e. The number of methoxy groups -OCH3 is 2. The fourth-order valence-corrected chi connectivity index (χ4v) is 3.69. The largest absolute Gasteiger partial charge is 0.507 e. The van der Waals surface area contributed by atoms with Crippen LogP contribution in [0.3, 0.4) is 0 Å². The van der Waals surface area contributed by atoms with Crippen molar-refractivity contribution < 1.29 is 38.7 Å². The van der Waals surface area contributed by atoms with Gasteiger partial charge in [-0.1, -0.05) is 12.1 Å². The zero-order valence-electron chi connectivity index (χ0n) is 19.3. The van der Waals surface area contributed by atoms with Gasteiger partial charge in [0.25, 0.3) is 5.88 Å². The molecule has 3 aromatic rings. The highest BCUT2D eigenvalue weighted by Gasteiger charge is 2.31. The van der Waals surface area contributed by atoms with Crippen LogP contribution in [-0.2, 0) is 4.79 Å². The Kier molecular flexibility index (Phi) is 6.59. The first-order chi connectivity index (χ1) is 16.8. The number of aryl methyl sites for hydroxylation is 1. The number of benzene rings is 2. The van der Waals surface area contributed by atoms with E-state index in [9.17, 15) is 19.8 Å². The van der Waals surface area contributed by atoms with Crippen molar-refractivity contribution in [2.75, 3.05) is 14.2 Å². The van der Waals surface area contributed by atoms with Gasteiger partial charge in [-0.2, -0.15) is 0 Å². The van der Waals surface area contributed by atoms with Gasteiger partial charge in [0, 0.05) is 18.2 Å². The van der Waals surface area contributed by atoms with Crippen LogP contribution in [0.5, 0.6) is 34.6 Å². The lowest BCUT2D eigenvalue weighted by atomic mass is 9.95. The van der Waals surface area contributed by atoms with E-state index in [1.807, 2.05) is 19.1 Å². The van der Waals surface area contributed by atoms with Crippen LogP contribution in [0.15, 0.2) is 48.5 Å². The number of phenols is 1. The van der Waals surface area contributed by atoms with E-state index in [0.717, 1.165) is 17.2 Å². The average molecular weight is 477 g/mol. The van der Waals surface area contributed by atoms with E-state index < -0.39 is 12.1 Å². The van der Waals surface area contributed by atoms with Gasteiger partial charge < -0.3 is 29.2 Å². The Labute approximate surface area is 201 Å². The van der Waals surface area contributed by atoms with Crippen LogP contribution in [0.1, 0.15) is 39.7 Å². The van der Waals surface area contributed by atoms with Gasteiger partial charge in [-0.05, 0) is 42.3 Å². The molecule has 0 bridgehead atoms. The molecule has 1 aliphatic heterocycles. The molecule has 1 aromatic heterocycles. The van der Waals surface area contributed by atoms with Crippen molar-refractivity contribution in [3.8, 4) is 34.6 Å². The molecule has 1 aliphatic rings. The van der Waals surface area contributed by atoms with Crippen molar-refractivity contribution in [1.29, 1.82) is 0 Å². The highest BCUT2D eigenvalue weighted by atomic mass is 16.5. The maximum atomic E-state index is 12.8. The van der Waals surface area contributed by atoms with E-state index in [0.29, 0.717) is 11.4 Å². The molecule has 1 atom stereocenters. The van der Waals surface area contributed by atoms with Crippen LogP contribution in [0.25, 0.3) is 6.08 Å². The van der Waals surface area contributed by atoms with Gasteiger partial charge in [-0.3, -0.25) is 4.79 Å². The van der Waals surface area contributed by atoms with E-state index in [-0.39, 0.29) is 46.6 Å². The molecular weight excluding hydrogens is 454 g/mol. The summed E-state index contributed by atoms with van der Waals surface area (Å²) in [5.41, 5.74) is 2.08. The molecule has 9 nitrogen and oxygen atoms in total. The number of carbonyl (C=O) groups excluding carboxylic acids is 2. The number of phenolic OH excluding ortho intramolecular Hbond substituents is 1. The Hall–Kier alpha value is -4.53. The number of Topliss-reactive ketones (excluding diaryl/α,β-unsaturated/α-hetero) is 1. The predicted octanol–water partition coefficient (Wildman–Crippen LogP) is 4.14. The second kappa shape index (κ2) is 9.76. The first-order valence-corrected chi connectivity index (χ1v) is 10.6. The Morgan fingerprint density at radius 3 is 2.63 bits per heavy atom. The number of rotatable bonds is 6. The number of fused-ring (bicyclic) bond motifs is 1. The van der Waals surface area contributed by atoms with Crippen LogP contribution in [-0.4, -0.2) is 41.2 Å². The molecule has 0 radical (unpaired) electrons. The lowest BCUT2D eigenvalue weighted by Gasteiger charge is -2.26. The molecule has 2 aromatic carbocycles. The van der Waals surface area contributed by atoms with Gasteiger partial charge in [0.1, 0.15) is 34.7 Å². The summed E-state index contributed by atoms with van der Waals surface area (Å²) in [6, 6.07) is 11.0. The number of nitrogens with zero attached hydrogens (tertiary/aromatic N) is 1. The van der Waals surface area contributed by atoms with Gasteiger partial charge >= 0.3 is 5.97 Å². The van der Waals surface area contributed by atoms with E-state index in [2.05, 4.69) is 4.98 Å². The van der Waals surface area contributed by atoms with Gasteiger partial charge in [0.15, 0.2) is 11.5 Å².